The van der Waals surface area contributed by atoms with E-state index in [-0.39, 0.29) is 16.2 Å². The molecule has 0 radical (unpaired) electrons. The summed E-state index contributed by atoms with van der Waals surface area (Å²) in [5.74, 6) is -0.197. The lowest BCUT2D eigenvalue weighted by atomic mass is 10.2. The molecule has 0 spiro atoms. The minimum Gasteiger partial charge on any atom is -0.354 e. The Hall–Kier alpha value is -1.47. The van der Waals surface area contributed by atoms with Crippen molar-refractivity contribution in [2.24, 2.45) is 0 Å². The first-order valence-electron chi connectivity index (χ1n) is 4.52. The number of carbonyl (C=O) groups is 1. The standard InChI is InChI=1S/C9H9N3O2S2/c1-3-4-6(13)11-9(15)12-8(4)16-5(3)7(14)10-2/h1-2H3,(H,10,14)(H2,11,12,13,15). The van der Waals surface area contributed by atoms with Crippen LogP contribution in [0.5, 0.6) is 0 Å². The van der Waals surface area contributed by atoms with Gasteiger partial charge in [-0.15, -0.1) is 11.3 Å². The highest BCUT2D eigenvalue weighted by Crippen LogP contribution is 2.26. The Morgan fingerprint density at radius 3 is 2.75 bits per heavy atom. The summed E-state index contributed by atoms with van der Waals surface area (Å²) < 4.78 is 0.266. The van der Waals surface area contributed by atoms with Crippen molar-refractivity contribution in [2.75, 3.05) is 7.05 Å². The number of aryl methyl sites for hydroxylation is 1. The Labute approximate surface area is 99.5 Å². The zero-order chi connectivity index (χ0) is 11.9. The van der Waals surface area contributed by atoms with Gasteiger partial charge in [0.2, 0.25) is 0 Å². The average molecular weight is 255 g/mol. The van der Waals surface area contributed by atoms with Crippen LogP contribution in [0, 0.1) is 11.7 Å². The number of rotatable bonds is 1. The summed E-state index contributed by atoms with van der Waals surface area (Å²) >= 11 is 6.10. The van der Waals surface area contributed by atoms with Gasteiger partial charge in [0.1, 0.15) is 4.83 Å². The molecule has 84 valence electrons. The van der Waals surface area contributed by atoms with Gasteiger partial charge in [-0.2, -0.15) is 0 Å². The molecule has 0 unspecified atom stereocenters. The maximum absolute atomic E-state index is 11.7. The van der Waals surface area contributed by atoms with Crippen molar-refractivity contribution in [1.29, 1.82) is 0 Å². The fourth-order valence-electron chi connectivity index (χ4n) is 1.51. The lowest BCUT2D eigenvalue weighted by Gasteiger charge is -1.95. The van der Waals surface area contributed by atoms with Gasteiger partial charge in [0, 0.05) is 7.05 Å². The molecule has 3 N–H and O–H groups in total. The molecule has 2 rings (SSSR count). The number of aromatic nitrogens is 2. The number of thiophene rings is 1. The molecule has 7 heteroatoms. The van der Waals surface area contributed by atoms with Crippen molar-refractivity contribution < 1.29 is 4.79 Å². The number of carbonyl (C=O) groups excluding carboxylic acids is 1. The number of hydrogen-bond acceptors (Lipinski definition) is 4. The monoisotopic (exact) mass is 255 g/mol. The molecule has 1 amide bonds. The molecule has 0 aliphatic heterocycles. The highest BCUT2D eigenvalue weighted by atomic mass is 32.1. The van der Waals surface area contributed by atoms with Crippen LogP contribution in [-0.4, -0.2) is 22.9 Å². The van der Waals surface area contributed by atoms with Crippen LogP contribution in [0.4, 0.5) is 0 Å². The highest BCUT2D eigenvalue weighted by Gasteiger charge is 2.16. The van der Waals surface area contributed by atoms with E-state index in [9.17, 15) is 9.59 Å². The molecule has 2 aromatic heterocycles. The van der Waals surface area contributed by atoms with Crippen LogP contribution in [-0.2, 0) is 0 Å². The minimum absolute atomic E-state index is 0.197. The van der Waals surface area contributed by atoms with E-state index in [0.717, 1.165) is 0 Å². The first kappa shape index (κ1) is 11.0. The molecule has 0 aliphatic carbocycles. The summed E-state index contributed by atoms with van der Waals surface area (Å²) in [6, 6.07) is 0. The molecule has 5 nitrogen and oxygen atoms in total. The molecule has 2 aromatic rings. The number of amides is 1. The molecule has 0 aliphatic rings. The van der Waals surface area contributed by atoms with E-state index in [0.29, 0.717) is 20.7 Å². The van der Waals surface area contributed by atoms with Crippen LogP contribution in [0.1, 0.15) is 15.2 Å². The second kappa shape index (κ2) is 3.84. The van der Waals surface area contributed by atoms with Crippen molar-refractivity contribution in [1.82, 2.24) is 15.3 Å². The minimum atomic E-state index is -0.261. The highest BCUT2D eigenvalue weighted by molar-refractivity contribution is 7.71. The van der Waals surface area contributed by atoms with Crippen LogP contribution >= 0.6 is 23.6 Å². The molecular formula is C9H9N3O2S2. The van der Waals surface area contributed by atoms with Crippen molar-refractivity contribution in [2.45, 2.75) is 6.92 Å². The average Bonchev–Trinajstić information content (AvgIpc) is 2.54. The smallest absolute Gasteiger partial charge is 0.261 e. The van der Waals surface area contributed by atoms with E-state index in [2.05, 4.69) is 15.3 Å². The lowest BCUT2D eigenvalue weighted by molar-refractivity contribution is 0.0966. The summed E-state index contributed by atoms with van der Waals surface area (Å²) in [5.41, 5.74) is 0.412. The van der Waals surface area contributed by atoms with Crippen molar-refractivity contribution >= 4 is 39.7 Å². The summed E-state index contributed by atoms with van der Waals surface area (Å²) in [6.07, 6.45) is 0. The molecule has 16 heavy (non-hydrogen) atoms. The van der Waals surface area contributed by atoms with Crippen molar-refractivity contribution in [3.05, 3.63) is 25.6 Å². The van der Waals surface area contributed by atoms with Gasteiger partial charge in [0.25, 0.3) is 11.5 Å². The summed E-state index contributed by atoms with van der Waals surface area (Å²) in [5, 5.41) is 3.03. The second-order valence-corrected chi connectivity index (χ2v) is 4.68. The summed E-state index contributed by atoms with van der Waals surface area (Å²) in [4.78, 5) is 29.8. The van der Waals surface area contributed by atoms with E-state index in [1.54, 1.807) is 14.0 Å². The third-order valence-corrected chi connectivity index (χ3v) is 3.67. The van der Waals surface area contributed by atoms with Crippen molar-refractivity contribution in [3.63, 3.8) is 0 Å². The van der Waals surface area contributed by atoms with Gasteiger partial charge in [-0.05, 0) is 24.7 Å². The van der Waals surface area contributed by atoms with Gasteiger partial charge < -0.3 is 10.3 Å². The predicted octanol–water partition coefficient (Wildman–Crippen LogP) is 1.32. The Morgan fingerprint density at radius 2 is 2.12 bits per heavy atom. The van der Waals surface area contributed by atoms with Gasteiger partial charge in [0.15, 0.2) is 4.77 Å². The van der Waals surface area contributed by atoms with Crippen LogP contribution in [0.3, 0.4) is 0 Å². The maximum atomic E-state index is 11.7. The molecule has 0 atom stereocenters. The van der Waals surface area contributed by atoms with Gasteiger partial charge in [0.05, 0.1) is 10.3 Å². The fraction of sp³-hybridized carbons (Fsp3) is 0.222. The van der Waals surface area contributed by atoms with E-state index >= 15 is 0 Å². The number of aromatic amines is 2. The quantitative estimate of drug-likeness (QED) is 0.672. The summed E-state index contributed by atoms with van der Waals surface area (Å²) in [6.45, 7) is 1.75. The number of fused-ring (bicyclic) bond motifs is 1. The Kier molecular flexibility index (Phi) is 2.64. The topological polar surface area (TPSA) is 77.8 Å². The molecule has 0 saturated carbocycles. The molecule has 2 heterocycles. The van der Waals surface area contributed by atoms with E-state index in [1.807, 2.05) is 0 Å². The number of nitrogens with one attached hydrogen (secondary N) is 3. The predicted molar refractivity (Wildman–Crippen MR) is 65.8 cm³/mol. The Morgan fingerprint density at radius 1 is 1.44 bits per heavy atom. The first-order valence-corrected chi connectivity index (χ1v) is 5.75. The van der Waals surface area contributed by atoms with Crippen LogP contribution < -0.4 is 10.9 Å². The first-order chi connectivity index (χ1) is 7.54. The van der Waals surface area contributed by atoms with Crippen LogP contribution in [0.2, 0.25) is 0 Å². The molecular weight excluding hydrogens is 246 g/mol. The van der Waals surface area contributed by atoms with Crippen LogP contribution in [0.25, 0.3) is 10.2 Å². The molecule has 0 fully saturated rings. The van der Waals surface area contributed by atoms with E-state index in [1.165, 1.54) is 11.3 Å². The third-order valence-electron chi connectivity index (χ3n) is 2.26. The van der Waals surface area contributed by atoms with E-state index in [4.69, 9.17) is 12.2 Å². The lowest BCUT2D eigenvalue weighted by Crippen LogP contribution is -2.17. The second-order valence-electron chi connectivity index (χ2n) is 3.25. The van der Waals surface area contributed by atoms with Crippen LogP contribution in [0.15, 0.2) is 4.79 Å². The summed E-state index contributed by atoms with van der Waals surface area (Å²) in [7, 11) is 1.55. The fourth-order valence-corrected chi connectivity index (χ4v) is 2.92. The molecule has 0 aromatic carbocycles. The Bertz CT molecular complexity index is 680. The zero-order valence-corrected chi connectivity index (χ0v) is 10.3. The third kappa shape index (κ3) is 1.57. The number of H-pyrrole nitrogens is 2. The van der Waals surface area contributed by atoms with Gasteiger partial charge in [-0.25, -0.2) is 0 Å². The zero-order valence-electron chi connectivity index (χ0n) is 8.63. The SMILES string of the molecule is CNC(=O)c1sc2[nH]c(=S)[nH]c(=O)c2c1C. The molecule has 0 saturated heterocycles. The van der Waals surface area contributed by atoms with Gasteiger partial charge in [-0.1, -0.05) is 0 Å². The van der Waals surface area contributed by atoms with Crippen molar-refractivity contribution in [3.8, 4) is 0 Å². The van der Waals surface area contributed by atoms with E-state index < -0.39 is 0 Å². The largest absolute Gasteiger partial charge is 0.354 e. The Balaban J connectivity index is 2.88. The van der Waals surface area contributed by atoms with Gasteiger partial charge >= 0.3 is 0 Å². The molecule has 0 bridgehead atoms. The van der Waals surface area contributed by atoms with Gasteiger partial charge in [-0.3, -0.25) is 14.6 Å². The number of hydrogen-bond donors (Lipinski definition) is 3. The maximum Gasteiger partial charge on any atom is 0.261 e. The normalized spacial score (nSPS) is 10.6.